The van der Waals surface area contributed by atoms with Crippen molar-refractivity contribution >= 4 is 27.5 Å². The van der Waals surface area contributed by atoms with Gasteiger partial charge in [0.05, 0.1) is 50.5 Å². The topological polar surface area (TPSA) is 113 Å². The predicted molar refractivity (Wildman–Crippen MR) is 191 cm³/mol. The normalized spacial score (nSPS) is 30.2. The standard InChI is InChI=1S/C40H43F2N5O5/c1-3-25-31(41)8-7-23-14-24(48)15-26(33(23)25)35-34(42)36-27(16-43-35)37(47-12-13-50-21-39(2,49)20-47)45-38(44-36)52-22-40-9-4-6-32(40)46(11-5-10-40)17-28-29-18-51-19-30(28)29/h1,7-8,14-16,28-30,32,48-49H,4-6,9-13,17-22H2,2H3/t28?,29-,30+,32?,39-,40+/m0/s1. The summed E-state index contributed by atoms with van der Waals surface area (Å²) in [4.78, 5) is 18.6. The van der Waals surface area contributed by atoms with Gasteiger partial charge in [0.15, 0.2) is 5.82 Å². The number of nitrogens with zero attached hydrogens (tertiary/aromatic N) is 5. The molecule has 2 aliphatic carbocycles. The van der Waals surface area contributed by atoms with E-state index in [0.717, 1.165) is 64.3 Å². The number of phenols is 1. The summed E-state index contributed by atoms with van der Waals surface area (Å²) in [6, 6.07) is 5.92. The number of rotatable bonds is 7. The fourth-order valence-corrected chi connectivity index (χ4v) is 9.79. The number of aromatic nitrogens is 3. The van der Waals surface area contributed by atoms with Crippen molar-refractivity contribution in [1.29, 1.82) is 0 Å². The van der Waals surface area contributed by atoms with E-state index in [0.29, 0.717) is 54.2 Å². The third-order valence-corrected chi connectivity index (χ3v) is 12.3. The molecule has 5 heterocycles. The van der Waals surface area contributed by atoms with Crippen molar-refractivity contribution in [1.82, 2.24) is 19.9 Å². The molecule has 0 spiro atoms. The van der Waals surface area contributed by atoms with Crippen LogP contribution in [-0.4, -0.2) is 101 Å². The molecule has 3 aliphatic heterocycles. The Morgan fingerprint density at radius 3 is 2.75 bits per heavy atom. The molecule has 2 aromatic carbocycles. The summed E-state index contributed by atoms with van der Waals surface area (Å²) in [5.41, 5.74) is -1.36. The number of fused-ring (bicyclic) bond motifs is 4. The quantitative estimate of drug-likeness (QED) is 0.245. The first kappa shape index (κ1) is 33.7. The third-order valence-electron chi connectivity index (χ3n) is 12.3. The molecule has 12 heteroatoms. The van der Waals surface area contributed by atoms with Gasteiger partial charge in [-0.25, -0.2) is 8.78 Å². The summed E-state index contributed by atoms with van der Waals surface area (Å²) in [5.74, 6) is 3.30. The minimum atomic E-state index is -1.19. The van der Waals surface area contributed by atoms with Crippen LogP contribution in [0.4, 0.5) is 14.6 Å². The van der Waals surface area contributed by atoms with Gasteiger partial charge >= 0.3 is 6.01 Å². The first-order valence-electron chi connectivity index (χ1n) is 18.4. The number of pyridine rings is 1. The maximum Gasteiger partial charge on any atom is 0.319 e. The van der Waals surface area contributed by atoms with E-state index in [1.165, 1.54) is 30.5 Å². The molecule has 3 saturated heterocycles. The highest BCUT2D eigenvalue weighted by atomic mass is 19.1. The molecule has 2 saturated carbocycles. The van der Waals surface area contributed by atoms with Crippen LogP contribution in [0.15, 0.2) is 30.5 Å². The van der Waals surface area contributed by atoms with Crippen LogP contribution < -0.4 is 9.64 Å². The molecule has 4 aromatic rings. The molecule has 2 aromatic heterocycles. The van der Waals surface area contributed by atoms with Gasteiger partial charge in [-0.3, -0.25) is 9.88 Å². The van der Waals surface area contributed by atoms with Crippen LogP contribution in [0.5, 0.6) is 11.8 Å². The van der Waals surface area contributed by atoms with Crippen LogP contribution in [-0.2, 0) is 9.47 Å². The van der Waals surface area contributed by atoms with E-state index < -0.39 is 17.2 Å². The number of ether oxygens (including phenoxy) is 3. The Labute approximate surface area is 301 Å². The SMILES string of the molecule is C#Cc1c(F)ccc2cc(O)cc(-c3ncc4c(N5CCOC[C@@](C)(O)C5)nc(OC[C@]56CCCC5N(CC5[C@H]7COC[C@@H]57)CCC6)nc4c3F)c12. The highest BCUT2D eigenvalue weighted by molar-refractivity contribution is 6.03. The number of β-amino-alcohol motifs (C(OH)–C–C–N with tert-alkyl or cyclic N) is 1. The summed E-state index contributed by atoms with van der Waals surface area (Å²) in [7, 11) is 0. The largest absolute Gasteiger partial charge is 0.508 e. The zero-order valence-corrected chi connectivity index (χ0v) is 29.3. The van der Waals surface area contributed by atoms with E-state index >= 15 is 4.39 Å². The number of aromatic hydroxyl groups is 1. The van der Waals surface area contributed by atoms with Crippen molar-refractivity contribution < 1.29 is 33.2 Å². The number of terminal acetylenes is 1. The van der Waals surface area contributed by atoms with Gasteiger partial charge < -0.3 is 29.3 Å². The summed E-state index contributed by atoms with van der Waals surface area (Å²) in [6.07, 6.45) is 12.6. The van der Waals surface area contributed by atoms with Gasteiger partial charge in [-0.2, -0.15) is 9.97 Å². The van der Waals surface area contributed by atoms with E-state index in [2.05, 4.69) is 20.8 Å². The van der Waals surface area contributed by atoms with Gasteiger partial charge in [-0.05, 0) is 80.5 Å². The maximum atomic E-state index is 17.1. The molecule has 5 fully saturated rings. The lowest BCUT2D eigenvalue weighted by Gasteiger charge is -2.46. The summed E-state index contributed by atoms with van der Waals surface area (Å²) in [6.45, 7) is 7.11. The Hall–Kier alpha value is -4.15. The molecule has 5 aliphatic rings. The Kier molecular flexibility index (Phi) is 8.26. The second-order valence-corrected chi connectivity index (χ2v) is 15.8. The minimum Gasteiger partial charge on any atom is -0.508 e. The Morgan fingerprint density at radius 2 is 1.92 bits per heavy atom. The number of likely N-dealkylation sites (tertiary alicyclic amines) is 1. The number of hydrogen-bond donors (Lipinski definition) is 2. The van der Waals surface area contributed by atoms with Crippen LogP contribution >= 0.6 is 0 Å². The molecule has 0 radical (unpaired) electrons. The van der Waals surface area contributed by atoms with Crippen molar-refractivity contribution in [3.05, 3.63) is 47.7 Å². The fourth-order valence-electron chi connectivity index (χ4n) is 9.79. The smallest absolute Gasteiger partial charge is 0.319 e. The van der Waals surface area contributed by atoms with E-state index in [1.807, 2.05) is 4.90 Å². The van der Waals surface area contributed by atoms with Crippen molar-refractivity contribution in [3.63, 3.8) is 0 Å². The van der Waals surface area contributed by atoms with Gasteiger partial charge in [0, 0.05) is 41.7 Å². The van der Waals surface area contributed by atoms with Crippen molar-refractivity contribution in [2.75, 3.05) is 64.1 Å². The van der Waals surface area contributed by atoms with Gasteiger partial charge in [0.2, 0.25) is 0 Å². The van der Waals surface area contributed by atoms with E-state index in [4.69, 9.17) is 25.6 Å². The predicted octanol–water partition coefficient (Wildman–Crippen LogP) is 5.30. The summed E-state index contributed by atoms with van der Waals surface area (Å²) < 4.78 is 49.9. The maximum absolute atomic E-state index is 17.1. The van der Waals surface area contributed by atoms with Gasteiger partial charge in [-0.15, -0.1) is 6.42 Å². The second-order valence-electron chi connectivity index (χ2n) is 15.8. The molecule has 0 amide bonds. The Morgan fingerprint density at radius 1 is 1.10 bits per heavy atom. The number of hydrogen-bond acceptors (Lipinski definition) is 10. The minimum absolute atomic E-state index is 0.0329. The van der Waals surface area contributed by atoms with Crippen molar-refractivity contribution in [2.24, 2.45) is 23.2 Å². The first-order chi connectivity index (χ1) is 25.1. The highest BCUT2D eigenvalue weighted by Gasteiger charge is 2.56. The molecular formula is C40H43F2N5O5. The van der Waals surface area contributed by atoms with E-state index in [1.54, 1.807) is 6.92 Å². The number of benzene rings is 2. The molecule has 272 valence electrons. The average Bonchev–Trinajstić information content (AvgIpc) is 3.40. The van der Waals surface area contributed by atoms with Crippen molar-refractivity contribution in [2.45, 2.75) is 50.7 Å². The van der Waals surface area contributed by atoms with Gasteiger partial charge in [0.1, 0.15) is 34.2 Å². The summed E-state index contributed by atoms with van der Waals surface area (Å²) in [5, 5.41) is 22.7. The Balaban J connectivity index is 1.11. The zero-order chi connectivity index (χ0) is 35.8. The Bertz CT molecular complexity index is 2100. The van der Waals surface area contributed by atoms with Crippen LogP contribution in [0.3, 0.4) is 0 Å². The molecule has 10 nitrogen and oxygen atoms in total. The van der Waals surface area contributed by atoms with Crippen molar-refractivity contribution in [3.8, 4) is 35.4 Å². The van der Waals surface area contributed by atoms with Crippen LogP contribution in [0.25, 0.3) is 32.9 Å². The molecule has 2 N–H and O–H groups in total. The molecule has 9 rings (SSSR count). The van der Waals surface area contributed by atoms with Gasteiger partial charge in [-0.1, -0.05) is 18.4 Å². The van der Waals surface area contributed by atoms with Crippen LogP contribution in [0.2, 0.25) is 0 Å². The summed E-state index contributed by atoms with van der Waals surface area (Å²) >= 11 is 0. The second kappa shape index (κ2) is 12.8. The van der Waals surface area contributed by atoms with Gasteiger partial charge in [0.25, 0.3) is 0 Å². The zero-order valence-electron chi connectivity index (χ0n) is 29.3. The monoisotopic (exact) mass is 711 g/mol. The molecule has 0 bridgehead atoms. The molecule has 6 atom stereocenters. The molecular weight excluding hydrogens is 668 g/mol. The molecule has 52 heavy (non-hydrogen) atoms. The lowest BCUT2D eigenvalue weighted by Crippen LogP contribution is -2.52. The van der Waals surface area contributed by atoms with Crippen LogP contribution in [0.1, 0.15) is 44.6 Å². The highest BCUT2D eigenvalue weighted by Crippen LogP contribution is 2.54. The lowest BCUT2D eigenvalue weighted by atomic mass is 9.75. The average molecular weight is 712 g/mol. The number of piperidine rings is 1. The van der Waals surface area contributed by atoms with E-state index in [-0.39, 0.29) is 58.1 Å². The number of anilines is 1. The lowest BCUT2D eigenvalue weighted by molar-refractivity contribution is -0.0123. The third kappa shape index (κ3) is 5.73. The van der Waals surface area contributed by atoms with E-state index in [9.17, 15) is 14.6 Å². The number of phenolic OH excluding ortho intramolecular Hbond substituents is 1. The van der Waals surface area contributed by atoms with Crippen LogP contribution in [0, 0.1) is 47.1 Å². The number of aliphatic hydroxyl groups is 1. The first-order valence-corrected chi connectivity index (χ1v) is 18.4. The molecule has 2 unspecified atom stereocenters. The fraction of sp³-hybridized carbons (Fsp3) is 0.525. The number of halogens is 2.